The number of carbonyl (C=O) groups excluding carboxylic acids is 1. The van der Waals surface area contributed by atoms with Gasteiger partial charge in [-0.3, -0.25) is 9.59 Å². The van der Waals surface area contributed by atoms with Crippen molar-refractivity contribution in [2.24, 2.45) is 0 Å². The zero-order chi connectivity index (χ0) is 14.7. The molecule has 0 atom stereocenters. The van der Waals surface area contributed by atoms with Crippen molar-refractivity contribution in [1.82, 2.24) is 9.78 Å². The molecule has 1 aromatic heterocycles. The first-order chi connectivity index (χ1) is 9.49. The van der Waals surface area contributed by atoms with E-state index in [1.165, 1.54) is 16.8 Å². The van der Waals surface area contributed by atoms with Crippen LogP contribution in [0.4, 0.5) is 5.69 Å². The molecule has 1 heterocycles. The van der Waals surface area contributed by atoms with E-state index in [1.54, 1.807) is 25.1 Å². The standard InChI is InChI=1S/C13H11Cl2N3O2/c1-2-18-12(19)4-3-11(17-18)13(20)16-10-6-8(14)5-9(15)7-10/h3-7H,2H2,1H3,(H,16,20). The average Bonchev–Trinajstić information content (AvgIpc) is 2.37. The molecule has 0 saturated heterocycles. The maximum atomic E-state index is 12.0. The third-order valence-corrected chi connectivity index (χ3v) is 2.96. The Morgan fingerprint density at radius 2 is 1.90 bits per heavy atom. The molecule has 0 bridgehead atoms. The number of rotatable bonds is 3. The summed E-state index contributed by atoms with van der Waals surface area (Å²) in [6.07, 6.45) is 0. The minimum absolute atomic E-state index is 0.141. The van der Waals surface area contributed by atoms with E-state index in [1.807, 2.05) is 0 Å². The normalized spacial score (nSPS) is 10.3. The van der Waals surface area contributed by atoms with Crippen molar-refractivity contribution < 1.29 is 4.79 Å². The highest BCUT2D eigenvalue weighted by molar-refractivity contribution is 6.35. The van der Waals surface area contributed by atoms with Crippen LogP contribution >= 0.6 is 23.2 Å². The van der Waals surface area contributed by atoms with Gasteiger partial charge in [0.25, 0.3) is 11.5 Å². The van der Waals surface area contributed by atoms with Crippen molar-refractivity contribution in [3.8, 4) is 0 Å². The second-order valence-corrected chi connectivity index (χ2v) is 4.86. The first kappa shape index (κ1) is 14.6. The Labute approximate surface area is 125 Å². The number of aryl methyl sites for hydroxylation is 1. The summed E-state index contributed by atoms with van der Waals surface area (Å²) < 4.78 is 1.21. The quantitative estimate of drug-likeness (QED) is 0.948. The fourth-order valence-corrected chi connectivity index (χ4v) is 2.14. The Bertz CT molecular complexity index is 693. The predicted octanol–water partition coefficient (Wildman–Crippen LogP) is 2.82. The van der Waals surface area contributed by atoms with Gasteiger partial charge in [0.1, 0.15) is 5.69 Å². The van der Waals surface area contributed by atoms with Crippen LogP contribution in [-0.4, -0.2) is 15.7 Å². The van der Waals surface area contributed by atoms with E-state index in [-0.39, 0.29) is 11.3 Å². The molecule has 0 aliphatic rings. The molecule has 0 fully saturated rings. The number of carbonyl (C=O) groups is 1. The fourth-order valence-electron chi connectivity index (χ4n) is 1.62. The summed E-state index contributed by atoms with van der Waals surface area (Å²) in [5, 5.41) is 7.41. The summed E-state index contributed by atoms with van der Waals surface area (Å²) in [4.78, 5) is 23.4. The highest BCUT2D eigenvalue weighted by atomic mass is 35.5. The molecular formula is C13H11Cl2N3O2. The number of benzene rings is 1. The molecular weight excluding hydrogens is 301 g/mol. The number of halogens is 2. The second-order valence-electron chi connectivity index (χ2n) is 3.98. The number of nitrogens with zero attached hydrogens (tertiary/aromatic N) is 2. The van der Waals surface area contributed by atoms with Crippen LogP contribution in [0.1, 0.15) is 17.4 Å². The van der Waals surface area contributed by atoms with Crippen LogP contribution in [0, 0.1) is 0 Å². The van der Waals surface area contributed by atoms with Gasteiger partial charge in [0, 0.05) is 28.3 Å². The molecule has 0 unspecified atom stereocenters. The van der Waals surface area contributed by atoms with Crippen LogP contribution < -0.4 is 10.9 Å². The summed E-state index contributed by atoms with van der Waals surface area (Å²) in [5.41, 5.74) is 0.348. The summed E-state index contributed by atoms with van der Waals surface area (Å²) in [5.74, 6) is -0.439. The topological polar surface area (TPSA) is 64.0 Å². The smallest absolute Gasteiger partial charge is 0.276 e. The molecule has 0 saturated carbocycles. The van der Waals surface area contributed by atoms with Gasteiger partial charge in [-0.15, -0.1) is 0 Å². The lowest BCUT2D eigenvalue weighted by molar-refractivity contribution is 0.102. The molecule has 5 nitrogen and oxygen atoms in total. The number of anilines is 1. The Kier molecular flexibility index (Phi) is 4.42. The number of amides is 1. The van der Waals surface area contributed by atoms with Gasteiger partial charge in [-0.05, 0) is 31.2 Å². The molecule has 0 spiro atoms. The van der Waals surface area contributed by atoms with Crippen LogP contribution in [0.3, 0.4) is 0 Å². The zero-order valence-electron chi connectivity index (χ0n) is 10.6. The minimum atomic E-state index is -0.439. The molecule has 104 valence electrons. The Balaban J connectivity index is 2.26. The maximum Gasteiger partial charge on any atom is 0.276 e. The van der Waals surface area contributed by atoms with Gasteiger partial charge in [0.05, 0.1) is 0 Å². The van der Waals surface area contributed by atoms with Crippen molar-refractivity contribution in [2.45, 2.75) is 13.5 Å². The van der Waals surface area contributed by atoms with E-state index < -0.39 is 5.91 Å². The van der Waals surface area contributed by atoms with Crippen molar-refractivity contribution >= 4 is 34.8 Å². The van der Waals surface area contributed by atoms with E-state index >= 15 is 0 Å². The highest BCUT2D eigenvalue weighted by Crippen LogP contribution is 2.22. The van der Waals surface area contributed by atoms with E-state index in [0.29, 0.717) is 22.3 Å². The molecule has 7 heteroatoms. The molecule has 1 aromatic carbocycles. The Morgan fingerprint density at radius 3 is 2.50 bits per heavy atom. The van der Waals surface area contributed by atoms with E-state index in [0.717, 1.165) is 0 Å². The summed E-state index contributed by atoms with van der Waals surface area (Å²) in [6.45, 7) is 2.16. The predicted molar refractivity (Wildman–Crippen MR) is 78.6 cm³/mol. The van der Waals surface area contributed by atoms with Crippen molar-refractivity contribution in [2.75, 3.05) is 5.32 Å². The van der Waals surface area contributed by atoms with Crippen LogP contribution in [-0.2, 0) is 6.54 Å². The molecule has 1 amide bonds. The van der Waals surface area contributed by atoms with Gasteiger partial charge < -0.3 is 5.32 Å². The minimum Gasteiger partial charge on any atom is -0.320 e. The average molecular weight is 312 g/mol. The van der Waals surface area contributed by atoms with Crippen LogP contribution in [0.5, 0.6) is 0 Å². The van der Waals surface area contributed by atoms with Gasteiger partial charge in [-0.2, -0.15) is 5.10 Å². The first-order valence-electron chi connectivity index (χ1n) is 5.85. The van der Waals surface area contributed by atoms with Gasteiger partial charge in [0.15, 0.2) is 0 Å². The Hall–Kier alpha value is -1.85. The number of hydrogen-bond acceptors (Lipinski definition) is 3. The molecule has 0 aliphatic heterocycles. The number of hydrogen-bond donors (Lipinski definition) is 1. The van der Waals surface area contributed by atoms with Gasteiger partial charge >= 0.3 is 0 Å². The molecule has 0 aliphatic carbocycles. The van der Waals surface area contributed by atoms with Gasteiger partial charge in [0.2, 0.25) is 0 Å². The largest absolute Gasteiger partial charge is 0.320 e. The summed E-state index contributed by atoms with van der Waals surface area (Å²) in [7, 11) is 0. The zero-order valence-corrected chi connectivity index (χ0v) is 12.1. The third-order valence-electron chi connectivity index (χ3n) is 2.52. The molecule has 0 radical (unpaired) electrons. The van der Waals surface area contributed by atoms with Crippen molar-refractivity contribution in [1.29, 1.82) is 0 Å². The third kappa shape index (κ3) is 3.37. The SMILES string of the molecule is CCn1nc(C(=O)Nc2cc(Cl)cc(Cl)c2)ccc1=O. The number of nitrogens with one attached hydrogen (secondary N) is 1. The second kappa shape index (κ2) is 6.07. The van der Waals surface area contributed by atoms with E-state index in [4.69, 9.17) is 23.2 Å². The lowest BCUT2D eigenvalue weighted by atomic mass is 10.3. The summed E-state index contributed by atoms with van der Waals surface area (Å²) in [6, 6.07) is 7.38. The maximum absolute atomic E-state index is 12.0. The van der Waals surface area contributed by atoms with Gasteiger partial charge in [-0.25, -0.2) is 4.68 Å². The fraction of sp³-hybridized carbons (Fsp3) is 0.154. The molecule has 2 rings (SSSR count). The van der Waals surface area contributed by atoms with Crippen LogP contribution in [0.15, 0.2) is 35.1 Å². The van der Waals surface area contributed by atoms with Gasteiger partial charge in [-0.1, -0.05) is 23.2 Å². The van der Waals surface area contributed by atoms with E-state index in [9.17, 15) is 9.59 Å². The first-order valence-corrected chi connectivity index (χ1v) is 6.61. The monoisotopic (exact) mass is 311 g/mol. The van der Waals surface area contributed by atoms with Crippen molar-refractivity contribution in [3.63, 3.8) is 0 Å². The highest BCUT2D eigenvalue weighted by Gasteiger charge is 2.10. The number of aromatic nitrogens is 2. The molecule has 2 aromatic rings. The Morgan fingerprint density at radius 1 is 1.25 bits per heavy atom. The molecule has 1 N–H and O–H groups in total. The van der Waals surface area contributed by atoms with E-state index in [2.05, 4.69) is 10.4 Å². The van der Waals surface area contributed by atoms with Crippen molar-refractivity contribution in [3.05, 3.63) is 56.4 Å². The van der Waals surface area contributed by atoms with Crippen LogP contribution in [0.25, 0.3) is 0 Å². The molecule has 20 heavy (non-hydrogen) atoms. The van der Waals surface area contributed by atoms with Crippen LogP contribution in [0.2, 0.25) is 10.0 Å². The lowest BCUT2D eigenvalue weighted by Gasteiger charge is -2.07. The lowest BCUT2D eigenvalue weighted by Crippen LogP contribution is -2.25. The summed E-state index contributed by atoms with van der Waals surface area (Å²) >= 11 is 11.7.